The van der Waals surface area contributed by atoms with E-state index in [2.05, 4.69) is 6.07 Å². The second kappa shape index (κ2) is 7.56. The number of hydrogen-bond acceptors (Lipinski definition) is 5. The molecule has 0 N–H and O–H groups in total. The lowest BCUT2D eigenvalue weighted by atomic mass is 9.97. The van der Waals surface area contributed by atoms with Crippen molar-refractivity contribution >= 4 is 17.6 Å². The summed E-state index contributed by atoms with van der Waals surface area (Å²) in [6, 6.07) is 12.3. The van der Waals surface area contributed by atoms with Crippen LogP contribution in [0.3, 0.4) is 0 Å². The smallest absolute Gasteiger partial charge is 0.308 e. The molecule has 5 nitrogen and oxygen atoms in total. The van der Waals surface area contributed by atoms with E-state index in [0.717, 1.165) is 6.42 Å². The van der Waals surface area contributed by atoms with Gasteiger partial charge in [0.15, 0.2) is 11.5 Å². The third-order valence-corrected chi connectivity index (χ3v) is 4.11. The molecular formula is C19H16ClNO4. The fraction of sp³-hybridized carbons (Fsp3) is 0.263. The zero-order valence-corrected chi connectivity index (χ0v) is 14.4. The van der Waals surface area contributed by atoms with Gasteiger partial charge in [0, 0.05) is 30.5 Å². The Morgan fingerprint density at radius 3 is 2.60 bits per heavy atom. The summed E-state index contributed by atoms with van der Waals surface area (Å²) in [5.41, 5.74) is 1.06. The van der Waals surface area contributed by atoms with Crippen molar-refractivity contribution in [1.82, 2.24) is 0 Å². The molecule has 6 heteroatoms. The minimum absolute atomic E-state index is 0.0205. The molecule has 0 saturated carbocycles. The summed E-state index contributed by atoms with van der Waals surface area (Å²) >= 11 is 5.88. The van der Waals surface area contributed by atoms with Crippen LogP contribution in [0.2, 0.25) is 5.02 Å². The molecule has 1 heterocycles. The second-order valence-corrected chi connectivity index (χ2v) is 6.10. The minimum Gasteiger partial charge on any atom is -0.453 e. The molecule has 1 unspecified atom stereocenters. The molecule has 1 aliphatic heterocycles. The van der Waals surface area contributed by atoms with Crippen molar-refractivity contribution in [2.45, 2.75) is 25.9 Å². The number of esters is 1. The van der Waals surface area contributed by atoms with Crippen LogP contribution in [0.15, 0.2) is 36.4 Å². The monoisotopic (exact) mass is 357 g/mol. The molecule has 128 valence electrons. The van der Waals surface area contributed by atoms with Crippen LogP contribution >= 0.6 is 11.6 Å². The summed E-state index contributed by atoms with van der Waals surface area (Å²) < 4.78 is 16.7. The highest BCUT2D eigenvalue weighted by Gasteiger charge is 2.25. The maximum absolute atomic E-state index is 11.6. The first-order valence-electron chi connectivity index (χ1n) is 7.86. The molecule has 2 aromatic rings. The maximum atomic E-state index is 11.6. The van der Waals surface area contributed by atoms with Crippen LogP contribution in [0.1, 0.15) is 24.5 Å². The fourth-order valence-corrected chi connectivity index (χ4v) is 2.68. The Morgan fingerprint density at radius 1 is 1.32 bits per heavy atom. The Bertz CT molecular complexity index is 823. The zero-order chi connectivity index (χ0) is 17.8. The lowest BCUT2D eigenvalue weighted by Gasteiger charge is -2.27. The molecule has 3 rings (SSSR count). The van der Waals surface area contributed by atoms with E-state index in [9.17, 15) is 10.1 Å². The van der Waals surface area contributed by atoms with Crippen LogP contribution in [-0.2, 0) is 16.0 Å². The molecule has 1 atom stereocenters. The van der Waals surface area contributed by atoms with E-state index in [1.165, 1.54) is 6.92 Å². The summed E-state index contributed by atoms with van der Waals surface area (Å²) in [4.78, 5) is 11.6. The molecule has 1 fully saturated rings. The molecule has 0 aromatic heterocycles. The van der Waals surface area contributed by atoms with E-state index < -0.39 is 5.97 Å². The Labute approximate surface area is 150 Å². The molecule has 25 heavy (non-hydrogen) atoms. The van der Waals surface area contributed by atoms with Crippen LogP contribution in [0.4, 0.5) is 0 Å². The Balaban J connectivity index is 2.00. The van der Waals surface area contributed by atoms with Crippen molar-refractivity contribution in [3.63, 3.8) is 0 Å². The second-order valence-electron chi connectivity index (χ2n) is 5.67. The van der Waals surface area contributed by atoms with Gasteiger partial charge < -0.3 is 14.2 Å². The SMILES string of the molecule is CC(=O)Oc1c(Oc2ccc(Cl)cc2)ccc(C#N)c1CC1CCO1. The van der Waals surface area contributed by atoms with E-state index in [-0.39, 0.29) is 11.9 Å². The van der Waals surface area contributed by atoms with Crippen LogP contribution in [0.5, 0.6) is 17.2 Å². The summed E-state index contributed by atoms with van der Waals surface area (Å²) in [6.45, 7) is 2.02. The highest BCUT2D eigenvalue weighted by molar-refractivity contribution is 6.30. The topological polar surface area (TPSA) is 68.5 Å². The van der Waals surface area contributed by atoms with Crippen molar-refractivity contribution in [1.29, 1.82) is 5.26 Å². The maximum Gasteiger partial charge on any atom is 0.308 e. The number of carbonyl (C=O) groups is 1. The van der Waals surface area contributed by atoms with Gasteiger partial charge in [0.1, 0.15) is 5.75 Å². The number of nitrogens with zero attached hydrogens (tertiary/aromatic N) is 1. The number of carbonyl (C=O) groups excluding carboxylic acids is 1. The number of nitriles is 1. The van der Waals surface area contributed by atoms with Crippen molar-refractivity contribution in [3.05, 3.63) is 52.5 Å². The number of halogens is 1. The lowest BCUT2D eigenvalue weighted by Crippen LogP contribution is -2.29. The van der Waals surface area contributed by atoms with E-state index in [1.807, 2.05) is 0 Å². The van der Waals surface area contributed by atoms with Gasteiger partial charge in [-0.25, -0.2) is 0 Å². The van der Waals surface area contributed by atoms with Crippen LogP contribution < -0.4 is 9.47 Å². The molecule has 0 bridgehead atoms. The molecule has 2 aromatic carbocycles. The van der Waals surface area contributed by atoms with Gasteiger partial charge >= 0.3 is 5.97 Å². The van der Waals surface area contributed by atoms with E-state index >= 15 is 0 Å². The van der Waals surface area contributed by atoms with Crippen molar-refractivity contribution in [2.75, 3.05) is 6.61 Å². The molecule has 1 saturated heterocycles. The fourth-order valence-electron chi connectivity index (χ4n) is 2.55. The Kier molecular flexibility index (Phi) is 5.22. The molecule has 0 spiro atoms. The predicted octanol–water partition coefficient (Wildman–Crippen LogP) is 4.26. The van der Waals surface area contributed by atoms with Crippen molar-refractivity contribution < 1.29 is 19.0 Å². The number of benzene rings is 2. The first kappa shape index (κ1) is 17.3. The average molecular weight is 358 g/mol. The van der Waals surface area contributed by atoms with Gasteiger partial charge in [-0.2, -0.15) is 5.26 Å². The van der Waals surface area contributed by atoms with Crippen molar-refractivity contribution in [2.24, 2.45) is 0 Å². The number of hydrogen-bond donors (Lipinski definition) is 0. The highest BCUT2D eigenvalue weighted by Crippen LogP contribution is 2.38. The molecule has 0 amide bonds. The van der Waals surface area contributed by atoms with Gasteiger partial charge in [-0.05, 0) is 42.8 Å². The molecule has 1 aliphatic rings. The predicted molar refractivity (Wildman–Crippen MR) is 92.1 cm³/mol. The van der Waals surface area contributed by atoms with Gasteiger partial charge in [0.05, 0.1) is 17.7 Å². The third-order valence-electron chi connectivity index (χ3n) is 3.86. The molecular weight excluding hydrogens is 342 g/mol. The third kappa shape index (κ3) is 4.11. The van der Waals surface area contributed by atoms with E-state index in [1.54, 1.807) is 36.4 Å². The van der Waals surface area contributed by atoms with E-state index in [0.29, 0.717) is 40.7 Å². The van der Waals surface area contributed by atoms with E-state index in [4.69, 9.17) is 25.8 Å². The summed E-state index contributed by atoms with van der Waals surface area (Å²) in [7, 11) is 0. The average Bonchev–Trinajstić information content (AvgIpc) is 2.54. The number of ether oxygens (including phenoxy) is 3. The van der Waals surface area contributed by atoms with Gasteiger partial charge in [-0.15, -0.1) is 0 Å². The van der Waals surface area contributed by atoms with Crippen LogP contribution in [0, 0.1) is 11.3 Å². The quantitative estimate of drug-likeness (QED) is 0.590. The first-order valence-corrected chi connectivity index (χ1v) is 8.24. The molecule has 0 radical (unpaired) electrons. The number of rotatable bonds is 5. The lowest BCUT2D eigenvalue weighted by molar-refractivity contribution is -0.132. The van der Waals surface area contributed by atoms with Gasteiger partial charge in [-0.1, -0.05) is 11.6 Å². The zero-order valence-electron chi connectivity index (χ0n) is 13.6. The summed E-state index contributed by atoms with van der Waals surface area (Å²) in [5.74, 6) is 0.697. The van der Waals surface area contributed by atoms with Crippen molar-refractivity contribution in [3.8, 4) is 23.3 Å². The largest absolute Gasteiger partial charge is 0.453 e. The van der Waals surface area contributed by atoms with Gasteiger partial charge in [0.25, 0.3) is 0 Å². The van der Waals surface area contributed by atoms with Gasteiger partial charge in [0.2, 0.25) is 0 Å². The Morgan fingerprint density at radius 2 is 2.04 bits per heavy atom. The normalized spacial score (nSPS) is 15.8. The Hall–Kier alpha value is -2.55. The minimum atomic E-state index is -0.480. The standard InChI is InChI=1S/C19H16ClNO4/c1-12(22)24-19-17(10-16-8-9-23-16)13(11-21)2-7-18(19)25-15-5-3-14(20)4-6-15/h2-7,16H,8-10H2,1H3. The van der Waals surface area contributed by atoms with Gasteiger partial charge in [-0.3, -0.25) is 4.79 Å². The first-order chi connectivity index (χ1) is 12.1. The van der Waals surface area contributed by atoms with Crippen LogP contribution in [-0.4, -0.2) is 18.7 Å². The highest BCUT2D eigenvalue weighted by atomic mass is 35.5. The summed E-state index contributed by atoms with van der Waals surface area (Å²) in [5, 5.41) is 10.00. The van der Waals surface area contributed by atoms with Crippen LogP contribution in [0.25, 0.3) is 0 Å². The summed E-state index contributed by atoms with van der Waals surface area (Å²) in [6.07, 6.45) is 1.42. The molecule has 0 aliphatic carbocycles.